The number of thiocarbonyl (C=S) groups is 1. The second kappa shape index (κ2) is 8.21. The number of nitrogens with two attached hydrogens (primary N) is 2. The summed E-state index contributed by atoms with van der Waals surface area (Å²) >= 11 is 6.36. The molecule has 0 aliphatic rings. The average Bonchev–Trinajstić information content (AvgIpc) is 2.74. The molecule has 0 amide bonds. The minimum absolute atomic E-state index is 0. The Labute approximate surface area is 144 Å². The lowest BCUT2D eigenvalue weighted by atomic mass is 10.2. The van der Waals surface area contributed by atoms with E-state index in [0.717, 1.165) is 12.0 Å². The van der Waals surface area contributed by atoms with Gasteiger partial charge in [-0.25, -0.2) is 9.97 Å². The first-order valence-electron chi connectivity index (χ1n) is 6.44. The van der Waals surface area contributed by atoms with Gasteiger partial charge in [0.15, 0.2) is 12.2 Å². The van der Waals surface area contributed by atoms with Crippen LogP contribution in [0.1, 0.15) is 22.0 Å². The molecule has 0 saturated carbocycles. The molecule has 0 aliphatic carbocycles. The number of nitrogens with zero attached hydrogens (tertiary/aromatic N) is 3. The van der Waals surface area contributed by atoms with E-state index in [-0.39, 0.29) is 17.6 Å². The molecule has 0 unspecified atom stereocenters. The highest BCUT2D eigenvalue weighted by molar-refractivity contribution is 7.80. The Balaban J connectivity index is 0.00000242. The Morgan fingerprint density at radius 3 is 2.82 bits per heavy atom. The van der Waals surface area contributed by atoms with Crippen molar-refractivity contribution in [2.45, 2.75) is 26.8 Å². The molecule has 0 saturated heterocycles. The summed E-state index contributed by atoms with van der Waals surface area (Å²) in [4.78, 5) is 9.61. The van der Waals surface area contributed by atoms with Crippen molar-refractivity contribution in [3.63, 3.8) is 0 Å². The standard InChI is InChI=1S/C13H17N5OS2.ClH/c1-8-11(3-4-19-13(15)20)21-7-18(8)6-10-5-16-9(2)17-12(10)14;/h5,7H,3-4,6H2,1-2H3,(H3-,14,15,16,17,20);1H. The van der Waals surface area contributed by atoms with E-state index in [1.54, 1.807) is 17.5 Å². The molecule has 22 heavy (non-hydrogen) atoms. The predicted octanol–water partition coefficient (Wildman–Crippen LogP) is -2.12. The number of rotatable bonds is 5. The summed E-state index contributed by atoms with van der Waals surface area (Å²) < 4.78 is 7.26. The zero-order valence-electron chi connectivity index (χ0n) is 12.4. The Morgan fingerprint density at radius 1 is 1.45 bits per heavy atom. The van der Waals surface area contributed by atoms with Crippen LogP contribution in [0.2, 0.25) is 0 Å². The van der Waals surface area contributed by atoms with Crippen LogP contribution in [-0.2, 0) is 17.7 Å². The van der Waals surface area contributed by atoms with Gasteiger partial charge in [-0.05, 0) is 19.1 Å². The van der Waals surface area contributed by atoms with Gasteiger partial charge in [0.05, 0.1) is 17.0 Å². The summed E-state index contributed by atoms with van der Waals surface area (Å²) in [5, 5.41) is 0.0849. The van der Waals surface area contributed by atoms with Crippen molar-refractivity contribution in [1.82, 2.24) is 9.97 Å². The number of halogens is 1. The van der Waals surface area contributed by atoms with Gasteiger partial charge in [0, 0.05) is 19.5 Å². The van der Waals surface area contributed by atoms with Crippen molar-refractivity contribution < 1.29 is 21.7 Å². The molecule has 2 heterocycles. The molecular weight excluding hydrogens is 342 g/mol. The van der Waals surface area contributed by atoms with Gasteiger partial charge in [0.2, 0.25) is 5.51 Å². The van der Waals surface area contributed by atoms with E-state index in [2.05, 4.69) is 39.2 Å². The molecule has 0 spiro atoms. The number of anilines is 1. The topological polar surface area (TPSA) is 90.9 Å². The first-order valence-corrected chi connectivity index (χ1v) is 7.72. The summed E-state index contributed by atoms with van der Waals surface area (Å²) in [6.45, 7) is 5.04. The molecular formula is C13H18ClN5OS2. The van der Waals surface area contributed by atoms with Crippen molar-refractivity contribution in [2.75, 3.05) is 12.3 Å². The molecule has 2 aromatic rings. The third-order valence-electron chi connectivity index (χ3n) is 3.09. The lowest BCUT2D eigenvalue weighted by Gasteiger charge is -2.03. The van der Waals surface area contributed by atoms with E-state index in [4.69, 9.17) is 16.2 Å². The third kappa shape index (κ3) is 4.75. The molecule has 6 nitrogen and oxygen atoms in total. The number of thiazole rings is 1. The van der Waals surface area contributed by atoms with Crippen LogP contribution in [0.15, 0.2) is 11.7 Å². The Kier molecular flexibility index (Phi) is 6.92. The van der Waals surface area contributed by atoms with E-state index in [0.29, 0.717) is 24.8 Å². The van der Waals surface area contributed by atoms with Crippen LogP contribution in [0, 0.1) is 13.8 Å². The maximum Gasteiger partial charge on any atom is 0.253 e. The van der Waals surface area contributed by atoms with Crippen molar-refractivity contribution in [2.24, 2.45) is 5.73 Å². The molecule has 9 heteroatoms. The van der Waals surface area contributed by atoms with Crippen molar-refractivity contribution in [1.29, 1.82) is 0 Å². The predicted molar refractivity (Wildman–Crippen MR) is 86.0 cm³/mol. The van der Waals surface area contributed by atoms with Gasteiger partial charge in [0.25, 0.3) is 5.17 Å². The maximum atomic E-state index is 5.93. The van der Waals surface area contributed by atoms with Crippen LogP contribution >= 0.6 is 23.6 Å². The van der Waals surface area contributed by atoms with Crippen LogP contribution < -0.4 is 28.4 Å². The molecule has 0 fully saturated rings. The summed E-state index contributed by atoms with van der Waals surface area (Å²) in [5.74, 6) is 1.21. The van der Waals surface area contributed by atoms with Gasteiger partial charge in [-0.15, -0.1) is 0 Å². The van der Waals surface area contributed by atoms with E-state index in [1.165, 1.54) is 10.6 Å². The van der Waals surface area contributed by atoms with Gasteiger partial charge >= 0.3 is 0 Å². The fourth-order valence-electron chi connectivity index (χ4n) is 1.91. The summed E-state index contributed by atoms with van der Waals surface area (Å²) in [6.07, 6.45) is 2.55. The lowest BCUT2D eigenvalue weighted by molar-refractivity contribution is -0.689. The summed E-state index contributed by atoms with van der Waals surface area (Å²) in [5.41, 5.74) is 15.4. The first-order chi connectivity index (χ1) is 9.97. The molecule has 0 aliphatic heterocycles. The number of aromatic nitrogens is 3. The number of aryl methyl sites for hydroxylation is 1. The molecule has 0 aromatic carbocycles. The monoisotopic (exact) mass is 359 g/mol. The minimum atomic E-state index is 0. The van der Waals surface area contributed by atoms with Crippen molar-refractivity contribution >= 4 is 34.5 Å². The fraction of sp³-hybridized carbons (Fsp3) is 0.385. The molecule has 0 bridgehead atoms. The fourth-order valence-corrected chi connectivity index (χ4v) is 2.97. The quantitative estimate of drug-likeness (QED) is 0.468. The number of hydrogen-bond donors (Lipinski definition) is 2. The van der Waals surface area contributed by atoms with Gasteiger partial charge < -0.3 is 28.6 Å². The zero-order chi connectivity index (χ0) is 15.4. The van der Waals surface area contributed by atoms with E-state index >= 15 is 0 Å². The van der Waals surface area contributed by atoms with Crippen LogP contribution in [-0.4, -0.2) is 21.7 Å². The number of nitrogen functional groups attached to an aromatic ring is 1. The van der Waals surface area contributed by atoms with Crippen molar-refractivity contribution in [3.8, 4) is 0 Å². The van der Waals surface area contributed by atoms with E-state index in [9.17, 15) is 0 Å². The molecule has 2 rings (SSSR count). The molecule has 0 atom stereocenters. The zero-order valence-corrected chi connectivity index (χ0v) is 14.8. The van der Waals surface area contributed by atoms with Crippen molar-refractivity contribution in [3.05, 3.63) is 33.7 Å². The van der Waals surface area contributed by atoms with Crippen LogP contribution in [0.25, 0.3) is 0 Å². The third-order valence-corrected chi connectivity index (χ3v) is 4.35. The van der Waals surface area contributed by atoms with Gasteiger partial charge in [-0.2, -0.15) is 4.57 Å². The molecule has 2 aromatic heterocycles. The highest BCUT2D eigenvalue weighted by Crippen LogP contribution is 2.14. The molecule has 0 radical (unpaired) electrons. The van der Waals surface area contributed by atoms with Gasteiger partial charge in [-0.3, -0.25) is 0 Å². The summed E-state index contributed by atoms with van der Waals surface area (Å²) in [6, 6.07) is 0. The van der Waals surface area contributed by atoms with Crippen LogP contribution in [0.5, 0.6) is 0 Å². The van der Waals surface area contributed by atoms with E-state index in [1.807, 2.05) is 6.92 Å². The second-order valence-corrected chi connectivity index (χ2v) is 5.95. The SMILES string of the molecule is Cc1ncc(C[n+]2csc(CCOC(N)=S)c2C)c(N)n1.[Cl-]. The molecule has 4 N–H and O–H groups in total. The minimum Gasteiger partial charge on any atom is -1.00 e. The normalized spacial score (nSPS) is 10.1. The van der Waals surface area contributed by atoms with E-state index < -0.39 is 0 Å². The first kappa shape index (κ1) is 18.5. The number of hydrogen-bond acceptors (Lipinski definition) is 6. The smallest absolute Gasteiger partial charge is 0.253 e. The summed E-state index contributed by atoms with van der Waals surface area (Å²) in [7, 11) is 0. The highest BCUT2D eigenvalue weighted by Gasteiger charge is 2.17. The van der Waals surface area contributed by atoms with Crippen LogP contribution in [0.4, 0.5) is 5.82 Å². The second-order valence-electron chi connectivity index (χ2n) is 4.60. The number of ether oxygens (including phenoxy) is 1. The average molecular weight is 360 g/mol. The Bertz CT molecular complexity index is 662. The van der Waals surface area contributed by atoms with Gasteiger partial charge in [-0.1, -0.05) is 11.3 Å². The molecule has 120 valence electrons. The Hall–Kier alpha value is -1.51. The highest BCUT2D eigenvalue weighted by atomic mass is 35.5. The lowest BCUT2D eigenvalue weighted by Crippen LogP contribution is -3.00. The maximum absolute atomic E-state index is 5.93. The van der Waals surface area contributed by atoms with Crippen LogP contribution in [0.3, 0.4) is 0 Å². The Morgan fingerprint density at radius 2 is 2.18 bits per heavy atom. The van der Waals surface area contributed by atoms with Gasteiger partial charge in [0.1, 0.15) is 11.6 Å². The largest absolute Gasteiger partial charge is 1.00 e.